The first-order valence-corrected chi connectivity index (χ1v) is 11.3. The highest BCUT2D eigenvalue weighted by atomic mass is 19.1. The standard InChI is InChI=1S/C25H26FN7O3/c1-4-27-24(34)17-8-10-20(11-9-17)33-22(15-36-21-7-5-6-18(26)13-21)23(29-31-33)25(35)28-14-19-12-16(2)32(3)30-19/h5-13H,4,14-15H2,1-3H3,(H,27,34)(H,28,35). The van der Waals surface area contributed by atoms with Crippen LogP contribution in [0.2, 0.25) is 0 Å². The van der Waals surface area contributed by atoms with Gasteiger partial charge in [-0.2, -0.15) is 5.10 Å². The Morgan fingerprint density at radius 1 is 1.06 bits per heavy atom. The number of amides is 2. The van der Waals surface area contributed by atoms with Crippen LogP contribution in [-0.4, -0.2) is 43.1 Å². The van der Waals surface area contributed by atoms with Crippen LogP contribution < -0.4 is 15.4 Å². The number of ether oxygens (including phenoxy) is 1. The van der Waals surface area contributed by atoms with Gasteiger partial charge in [-0.1, -0.05) is 11.3 Å². The summed E-state index contributed by atoms with van der Waals surface area (Å²) < 4.78 is 22.6. The van der Waals surface area contributed by atoms with Crippen molar-refractivity contribution in [3.05, 3.63) is 88.8 Å². The van der Waals surface area contributed by atoms with E-state index >= 15 is 0 Å². The molecule has 0 aliphatic rings. The van der Waals surface area contributed by atoms with E-state index in [1.54, 1.807) is 35.0 Å². The molecule has 0 atom stereocenters. The second-order valence-electron chi connectivity index (χ2n) is 8.03. The average molecular weight is 492 g/mol. The molecule has 10 nitrogen and oxygen atoms in total. The maximum atomic E-state index is 13.6. The van der Waals surface area contributed by atoms with Crippen molar-refractivity contribution in [2.24, 2.45) is 7.05 Å². The fourth-order valence-electron chi connectivity index (χ4n) is 3.52. The zero-order valence-corrected chi connectivity index (χ0v) is 20.2. The molecule has 0 unspecified atom stereocenters. The Labute approximate surface area is 207 Å². The maximum Gasteiger partial charge on any atom is 0.274 e. The van der Waals surface area contributed by atoms with Gasteiger partial charge in [-0.05, 0) is 56.3 Å². The highest BCUT2D eigenvalue weighted by Gasteiger charge is 2.22. The number of carbonyl (C=O) groups is 2. The summed E-state index contributed by atoms with van der Waals surface area (Å²) in [6, 6.07) is 14.3. The summed E-state index contributed by atoms with van der Waals surface area (Å²) >= 11 is 0. The van der Waals surface area contributed by atoms with Gasteiger partial charge in [-0.3, -0.25) is 14.3 Å². The molecule has 0 spiro atoms. The minimum Gasteiger partial charge on any atom is -0.487 e. The van der Waals surface area contributed by atoms with Crippen LogP contribution in [0.25, 0.3) is 5.69 Å². The van der Waals surface area contributed by atoms with Gasteiger partial charge < -0.3 is 15.4 Å². The summed E-state index contributed by atoms with van der Waals surface area (Å²) in [5.74, 6) is -0.795. The monoisotopic (exact) mass is 491 g/mol. The van der Waals surface area contributed by atoms with Crippen LogP contribution in [0.4, 0.5) is 4.39 Å². The smallest absolute Gasteiger partial charge is 0.274 e. The van der Waals surface area contributed by atoms with Crippen molar-refractivity contribution in [2.45, 2.75) is 27.0 Å². The lowest BCUT2D eigenvalue weighted by Gasteiger charge is -2.11. The molecule has 2 heterocycles. The van der Waals surface area contributed by atoms with Crippen molar-refractivity contribution >= 4 is 11.8 Å². The fraction of sp³-hybridized carbons (Fsp3) is 0.240. The Kier molecular flexibility index (Phi) is 7.38. The third-order valence-electron chi connectivity index (χ3n) is 5.46. The third-order valence-corrected chi connectivity index (χ3v) is 5.46. The van der Waals surface area contributed by atoms with Crippen LogP contribution in [-0.2, 0) is 20.2 Å². The van der Waals surface area contributed by atoms with Gasteiger partial charge in [-0.15, -0.1) is 5.10 Å². The summed E-state index contributed by atoms with van der Waals surface area (Å²) in [6.07, 6.45) is 0. The molecule has 0 aliphatic heterocycles. The first kappa shape index (κ1) is 24.6. The van der Waals surface area contributed by atoms with E-state index in [1.165, 1.54) is 22.9 Å². The molecule has 0 bridgehead atoms. The quantitative estimate of drug-likeness (QED) is 0.372. The van der Waals surface area contributed by atoms with Crippen molar-refractivity contribution in [3.8, 4) is 11.4 Å². The van der Waals surface area contributed by atoms with Gasteiger partial charge in [0.25, 0.3) is 11.8 Å². The molecule has 4 aromatic rings. The van der Waals surface area contributed by atoms with Gasteiger partial charge in [0.2, 0.25) is 0 Å². The number of aryl methyl sites for hydroxylation is 2. The summed E-state index contributed by atoms with van der Waals surface area (Å²) in [4.78, 5) is 25.1. The Hall–Kier alpha value is -4.54. The van der Waals surface area contributed by atoms with Gasteiger partial charge in [0, 0.05) is 30.9 Å². The van der Waals surface area contributed by atoms with Crippen LogP contribution in [0.15, 0.2) is 54.6 Å². The lowest BCUT2D eigenvalue weighted by Crippen LogP contribution is -2.25. The first-order valence-electron chi connectivity index (χ1n) is 11.3. The first-order chi connectivity index (χ1) is 17.4. The lowest BCUT2D eigenvalue weighted by atomic mass is 10.2. The van der Waals surface area contributed by atoms with Gasteiger partial charge in [-0.25, -0.2) is 9.07 Å². The number of halogens is 1. The normalized spacial score (nSPS) is 10.8. The van der Waals surface area contributed by atoms with E-state index in [2.05, 4.69) is 26.0 Å². The van der Waals surface area contributed by atoms with E-state index in [4.69, 9.17) is 4.74 Å². The predicted molar refractivity (Wildman–Crippen MR) is 129 cm³/mol. The van der Waals surface area contributed by atoms with Crippen molar-refractivity contribution in [2.75, 3.05) is 6.54 Å². The molecular weight excluding hydrogens is 465 g/mol. The minimum absolute atomic E-state index is 0.0619. The van der Waals surface area contributed by atoms with E-state index in [0.717, 1.165) is 5.69 Å². The van der Waals surface area contributed by atoms with Gasteiger partial charge in [0.15, 0.2) is 5.69 Å². The van der Waals surface area contributed by atoms with Crippen LogP contribution in [0.3, 0.4) is 0 Å². The summed E-state index contributed by atoms with van der Waals surface area (Å²) in [6.45, 7) is 4.39. The SMILES string of the molecule is CCNC(=O)c1ccc(-n2nnc(C(=O)NCc3cc(C)n(C)n3)c2COc2cccc(F)c2)cc1. The zero-order valence-electron chi connectivity index (χ0n) is 20.2. The van der Waals surface area contributed by atoms with Crippen molar-refractivity contribution < 1.29 is 18.7 Å². The molecule has 0 saturated carbocycles. The molecule has 36 heavy (non-hydrogen) atoms. The van der Waals surface area contributed by atoms with Gasteiger partial charge >= 0.3 is 0 Å². The molecule has 186 valence electrons. The fourth-order valence-corrected chi connectivity index (χ4v) is 3.52. The molecule has 0 fully saturated rings. The number of benzene rings is 2. The lowest BCUT2D eigenvalue weighted by molar-refractivity contribution is 0.0939. The number of aromatic nitrogens is 5. The molecule has 2 amide bonds. The number of rotatable bonds is 9. The van der Waals surface area contributed by atoms with E-state index in [1.807, 2.05) is 27.0 Å². The Morgan fingerprint density at radius 3 is 2.50 bits per heavy atom. The molecule has 2 aromatic carbocycles. The number of nitrogens with zero attached hydrogens (tertiary/aromatic N) is 5. The Bertz CT molecular complexity index is 1360. The topological polar surface area (TPSA) is 116 Å². The molecule has 11 heteroatoms. The number of hydrogen-bond donors (Lipinski definition) is 2. The maximum absolute atomic E-state index is 13.6. The Balaban J connectivity index is 1.60. The van der Waals surface area contributed by atoms with E-state index < -0.39 is 11.7 Å². The molecule has 4 rings (SSSR count). The molecule has 2 N–H and O–H groups in total. The molecule has 0 aliphatic carbocycles. The Morgan fingerprint density at radius 2 is 1.83 bits per heavy atom. The summed E-state index contributed by atoms with van der Waals surface area (Å²) in [5.41, 5.74) is 3.15. The summed E-state index contributed by atoms with van der Waals surface area (Å²) in [5, 5.41) is 18.1. The van der Waals surface area contributed by atoms with Gasteiger partial charge in [0.05, 0.1) is 17.9 Å². The van der Waals surface area contributed by atoms with E-state index in [0.29, 0.717) is 34.9 Å². The van der Waals surface area contributed by atoms with Crippen molar-refractivity contribution in [1.82, 2.24) is 35.4 Å². The van der Waals surface area contributed by atoms with E-state index in [9.17, 15) is 14.0 Å². The molecule has 0 radical (unpaired) electrons. The molecular formula is C25H26FN7O3. The molecule has 0 saturated heterocycles. The summed E-state index contributed by atoms with van der Waals surface area (Å²) in [7, 11) is 1.82. The molecule has 2 aromatic heterocycles. The number of hydrogen-bond acceptors (Lipinski definition) is 6. The van der Waals surface area contributed by atoms with Crippen LogP contribution in [0.5, 0.6) is 5.75 Å². The van der Waals surface area contributed by atoms with Crippen molar-refractivity contribution in [3.63, 3.8) is 0 Å². The second kappa shape index (κ2) is 10.8. The third kappa shape index (κ3) is 5.57. The second-order valence-corrected chi connectivity index (χ2v) is 8.03. The number of nitrogens with one attached hydrogen (secondary N) is 2. The van der Waals surface area contributed by atoms with Crippen LogP contribution in [0, 0.1) is 12.7 Å². The van der Waals surface area contributed by atoms with Crippen LogP contribution >= 0.6 is 0 Å². The highest BCUT2D eigenvalue weighted by molar-refractivity contribution is 5.94. The zero-order chi connectivity index (χ0) is 25.7. The van der Waals surface area contributed by atoms with Gasteiger partial charge in [0.1, 0.15) is 23.9 Å². The van der Waals surface area contributed by atoms with Crippen molar-refractivity contribution in [1.29, 1.82) is 0 Å². The van der Waals surface area contributed by atoms with Crippen LogP contribution in [0.1, 0.15) is 44.9 Å². The average Bonchev–Trinajstić information content (AvgIpc) is 3.44. The highest BCUT2D eigenvalue weighted by Crippen LogP contribution is 2.19. The predicted octanol–water partition coefficient (Wildman–Crippen LogP) is 2.71. The van der Waals surface area contributed by atoms with E-state index in [-0.39, 0.29) is 24.8 Å². The number of carbonyl (C=O) groups excluding carboxylic acids is 2. The minimum atomic E-state index is -0.457. The largest absolute Gasteiger partial charge is 0.487 e.